The molecule has 1 atom stereocenters. The maximum absolute atomic E-state index is 10.3. The molecule has 2 aromatic carbocycles. The zero-order valence-electron chi connectivity index (χ0n) is 14.5. The molecule has 1 N–H and O–H groups in total. The topological polar surface area (TPSA) is 55.2 Å². The Bertz CT molecular complexity index is 1010. The first-order chi connectivity index (χ1) is 13.3. The summed E-state index contributed by atoms with van der Waals surface area (Å²) in [5.74, 6) is 1.98. The van der Waals surface area contributed by atoms with E-state index in [1.54, 1.807) is 11.3 Å². The Morgan fingerprint density at radius 3 is 2.59 bits per heavy atom. The van der Waals surface area contributed by atoms with Crippen molar-refractivity contribution in [3.8, 4) is 16.5 Å². The second kappa shape index (κ2) is 8.52. The Kier molecular flexibility index (Phi) is 5.67. The lowest BCUT2D eigenvalue weighted by Crippen LogP contribution is -2.20. The van der Waals surface area contributed by atoms with Crippen LogP contribution in [0, 0.1) is 0 Å². The molecule has 4 nitrogen and oxygen atoms in total. The van der Waals surface area contributed by atoms with Crippen molar-refractivity contribution in [2.45, 2.75) is 11.1 Å². The molecule has 0 spiro atoms. The third-order valence-corrected chi connectivity index (χ3v) is 5.91. The molecule has 4 rings (SSSR count). The fourth-order valence-electron chi connectivity index (χ4n) is 2.61. The van der Waals surface area contributed by atoms with Gasteiger partial charge in [-0.15, -0.1) is 23.1 Å². The first-order valence-electron chi connectivity index (χ1n) is 8.59. The Labute approximate surface area is 165 Å². The average molecular weight is 395 g/mol. The summed E-state index contributed by atoms with van der Waals surface area (Å²) in [7, 11) is 0. The number of aromatic nitrogens is 2. The molecule has 0 fully saturated rings. The molecule has 6 heteroatoms. The highest BCUT2D eigenvalue weighted by Gasteiger charge is 2.13. The number of thiophene rings is 1. The lowest BCUT2D eigenvalue weighted by Gasteiger charge is -2.13. The second-order valence-corrected chi connectivity index (χ2v) is 7.89. The molecular weight excluding hydrogens is 376 g/mol. The molecule has 2 aromatic heterocycles. The minimum atomic E-state index is -0.589. The van der Waals surface area contributed by atoms with Crippen LogP contribution in [0.25, 0.3) is 21.6 Å². The van der Waals surface area contributed by atoms with E-state index in [-0.39, 0.29) is 6.61 Å². The maximum Gasteiger partial charge on any atom is 0.171 e. The predicted molar refractivity (Wildman–Crippen MR) is 112 cm³/mol. The van der Waals surface area contributed by atoms with Crippen LogP contribution in [-0.4, -0.2) is 33.5 Å². The van der Waals surface area contributed by atoms with E-state index in [0.29, 0.717) is 5.75 Å². The molecule has 0 saturated carbocycles. The van der Waals surface area contributed by atoms with Gasteiger partial charge in [-0.05, 0) is 29.6 Å². The lowest BCUT2D eigenvalue weighted by atomic mass is 10.2. The normalized spacial score (nSPS) is 12.2. The second-order valence-electron chi connectivity index (χ2n) is 5.94. The molecule has 136 valence electrons. The molecule has 0 aliphatic carbocycles. The van der Waals surface area contributed by atoms with Gasteiger partial charge in [-0.25, -0.2) is 9.97 Å². The summed E-state index contributed by atoms with van der Waals surface area (Å²) in [4.78, 5) is 10.5. The SMILES string of the molecule is O[C@H](COc1ccccc1)CSc1nc(-c2cccs2)nc2ccccc12. The van der Waals surface area contributed by atoms with Crippen LogP contribution >= 0.6 is 23.1 Å². The zero-order chi connectivity index (χ0) is 18.5. The third-order valence-electron chi connectivity index (χ3n) is 3.91. The van der Waals surface area contributed by atoms with Gasteiger partial charge in [0.2, 0.25) is 0 Å². The van der Waals surface area contributed by atoms with E-state index in [2.05, 4.69) is 4.98 Å². The van der Waals surface area contributed by atoms with E-state index >= 15 is 0 Å². The van der Waals surface area contributed by atoms with Crippen molar-refractivity contribution in [2.24, 2.45) is 0 Å². The van der Waals surface area contributed by atoms with Gasteiger partial charge in [-0.3, -0.25) is 0 Å². The fourth-order valence-corrected chi connectivity index (χ4v) is 4.19. The smallest absolute Gasteiger partial charge is 0.171 e. The van der Waals surface area contributed by atoms with Crippen LogP contribution in [0.3, 0.4) is 0 Å². The first kappa shape index (κ1) is 18.0. The molecule has 0 radical (unpaired) electrons. The van der Waals surface area contributed by atoms with Gasteiger partial charge >= 0.3 is 0 Å². The van der Waals surface area contributed by atoms with Crippen LogP contribution in [0.15, 0.2) is 77.1 Å². The monoisotopic (exact) mass is 394 g/mol. The van der Waals surface area contributed by atoms with Gasteiger partial charge in [0.15, 0.2) is 5.82 Å². The number of hydrogen-bond donors (Lipinski definition) is 1. The molecule has 2 heterocycles. The number of aliphatic hydroxyl groups is 1. The van der Waals surface area contributed by atoms with Crippen LogP contribution in [0.4, 0.5) is 0 Å². The first-order valence-corrected chi connectivity index (χ1v) is 10.5. The van der Waals surface area contributed by atoms with Gasteiger partial charge in [-0.2, -0.15) is 0 Å². The van der Waals surface area contributed by atoms with Gasteiger partial charge < -0.3 is 9.84 Å². The highest BCUT2D eigenvalue weighted by molar-refractivity contribution is 7.99. The van der Waals surface area contributed by atoms with Gasteiger partial charge in [0.25, 0.3) is 0 Å². The van der Waals surface area contributed by atoms with Crippen molar-refractivity contribution < 1.29 is 9.84 Å². The van der Waals surface area contributed by atoms with E-state index in [0.717, 1.165) is 32.4 Å². The number of para-hydroxylation sites is 2. The number of fused-ring (bicyclic) bond motifs is 1. The van der Waals surface area contributed by atoms with Crippen molar-refractivity contribution in [3.05, 3.63) is 72.1 Å². The number of thioether (sulfide) groups is 1. The summed E-state index contributed by atoms with van der Waals surface area (Å²) in [6, 6.07) is 21.5. The molecular formula is C21H18N2O2S2. The minimum absolute atomic E-state index is 0.248. The average Bonchev–Trinajstić information content (AvgIpc) is 3.26. The predicted octanol–water partition coefficient (Wildman–Crippen LogP) is 4.89. The molecule has 0 amide bonds. The van der Waals surface area contributed by atoms with Crippen LogP contribution in [-0.2, 0) is 0 Å². The van der Waals surface area contributed by atoms with Crippen molar-refractivity contribution in [3.63, 3.8) is 0 Å². The van der Waals surface area contributed by atoms with Gasteiger partial charge in [0, 0.05) is 11.1 Å². The number of benzene rings is 2. The van der Waals surface area contributed by atoms with Crippen LogP contribution in [0.5, 0.6) is 5.75 Å². The summed E-state index contributed by atoms with van der Waals surface area (Å²) in [5.41, 5.74) is 0.911. The Morgan fingerprint density at radius 2 is 1.78 bits per heavy atom. The molecule has 27 heavy (non-hydrogen) atoms. The zero-order valence-corrected chi connectivity index (χ0v) is 16.1. The van der Waals surface area contributed by atoms with Crippen molar-refractivity contribution in [1.82, 2.24) is 9.97 Å². The highest BCUT2D eigenvalue weighted by atomic mass is 32.2. The Morgan fingerprint density at radius 1 is 0.963 bits per heavy atom. The maximum atomic E-state index is 10.3. The van der Waals surface area contributed by atoms with Gasteiger partial charge in [0.1, 0.15) is 17.4 Å². The third kappa shape index (κ3) is 4.47. The summed E-state index contributed by atoms with van der Waals surface area (Å²) in [5, 5.41) is 14.2. The summed E-state index contributed by atoms with van der Waals surface area (Å²) in [6.07, 6.45) is -0.589. The summed E-state index contributed by atoms with van der Waals surface area (Å²) < 4.78 is 5.63. The lowest BCUT2D eigenvalue weighted by molar-refractivity contribution is 0.126. The Balaban J connectivity index is 1.49. The quantitative estimate of drug-likeness (QED) is 0.357. The number of nitrogens with zero attached hydrogens (tertiary/aromatic N) is 2. The van der Waals surface area contributed by atoms with Crippen LogP contribution < -0.4 is 4.74 Å². The Hall–Kier alpha value is -2.41. The number of aliphatic hydroxyl groups excluding tert-OH is 1. The number of ether oxygens (including phenoxy) is 1. The molecule has 0 bridgehead atoms. The van der Waals surface area contributed by atoms with Gasteiger partial charge in [0.05, 0.1) is 16.5 Å². The number of hydrogen-bond acceptors (Lipinski definition) is 6. The van der Waals surface area contributed by atoms with Gasteiger partial charge in [-0.1, -0.05) is 42.5 Å². The van der Waals surface area contributed by atoms with E-state index in [1.165, 1.54) is 11.8 Å². The van der Waals surface area contributed by atoms with E-state index in [1.807, 2.05) is 72.1 Å². The highest BCUT2D eigenvalue weighted by Crippen LogP contribution is 2.30. The number of rotatable bonds is 7. The van der Waals surface area contributed by atoms with Crippen LogP contribution in [0.2, 0.25) is 0 Å². The molecule has 0 saturated heterocycles. The molecule has 4 aromatic rings. The van der Waals surface area contributed by atoms with Crippen molar-refractivity contribution in [2.75, 3.05) is 12.4 Å². The molecule has 0 aliphatic rings. The van der Waals surface area contributed by atoms with Crippen molar-refractivity contribution in [1.29, 1.82) is 0 Å². The van der Waals surface area contributed by atoms with E-state index in [4.69, 9.17) is 9.72 Å². The fraction of sp³-hybridized carbons (Fsp3) is 0.143. The molecule has 0 aliphatic heterocycles. The van der Waals surface area contributed by atoms with Crippen molar-refractivity contribution >= 4 is 34.0 Å². The van der Waals surface area contributed by atoms with Crippen LogP contribution in [0.1, 0.15) is 0 Å². The largest absolute Gasteiger partial charge is 0.491 e. The van der Waals surface area contributed by atoms with E-state index in [9.17, 15) is 5.11 Å². The summed E-state index contributed by atoms with van der Waals surface area (Å²) in [6.45, 7) is 0.248. The van der Waals surface area contributed by atoms with E-state index < -0.39 is 6.10 Å². The minimum Gasteiger partial charge on any atom is -0.491 e. The molecule has 0 unspecified atom stereocenters. The standard InChI is InChI=1S/C21H18N2O2S2/c24-15(13-25-16-7-2-1-3-8-16)14-27-21-17-9-4-5-10-18(17)22-20(23-21)19-11-6-12-26-19/h1-12,15,24H,13-14H2/t15-/m1/s1. The summed E-state index contributed by atoms with van der Waals surface area (Å²) >= 11 is 3.15.